The van der Waals surface area contributed by atoms with E-state index in [0.29, 0.717) is 13.0 Å². The molecule has 5 heteroatoms. The molecule has 0 radical (unpaired) electrons. The third-order valence-electron chi connectivity index (χ3n) is 2.47. The summed E-state index contributed by atoms with van der Waals surface area (Å²) >= 11 is 0. The lowest BCUT2D eigenvalue weighted by Crippen LogP contribution is -2.40. The minimum absolute atomic E-state index is 0. The highest BCUT2D eigenvalue weighted by molar-refractivity contribution is 5.85. The minimum atomic E-state index is 0. The van der Waals surface area contributed by atoms with Crippen LogP contribution >= 0.6 is 12.4 Å². The summed E-state index contributed by atoms with van der Waals surface area (Å²) in [4.78, 5) is 17.4. The zero-order valence-corrected chi connectivity index (χ0v) is 10.4. The summed E-state index contributed by atoms with van der Waals surface area (Å²) in [6.45, 7) is 2.41. The van der Waals surface area contributed by atoms with Crippen LogP contribution in [0.15, 0.2) is 24.5 Å². The monoisotopic (exact) mass is 243 g/mol. The van der Waals surface area contributed by atoms with Crippen LogP contribution in [-0.4, -0.2) is 35.4 Å². The SMILES string of the molecule is CC(CN)N(C)C(=O)Cc1cccnc1.Cl. The summed E-state index contributed by atoms with van der Waals surface area (Å²) < 4.78 is 0. The first-order valence-electron chi connectivity index (χ1n) is 4.99. The van der Waals surface area contributed by atoms with Crippen LogP contribution in [0.3, 0.4) is 0 Å². The Balaban J connectivity index is 0.00000225. The number of amides is 1. The minimum Gasteiger partial charge on any atom is -0.341 e. The second-order valence-corrected chi connectivity index (χ2v) is 3.63. The highest BCUT2D eigenvalue weighted by Crippen LogP contribution is 2.02. The fourth-order valence-corrected chi connectivity index (χ4v) is 1.21. The molecule has 1 heterocycles. The molecular weight excluding hydrogens is 226 g/mol. The molecule has 0 bridgehead atoms. The molecule has 0 aliphatic rings. The number of likely N-dealkylation sites (N-methyl/N-ethyl adjacent to an activating group) is 1. The van der Waals surface area contributed by atoms with Crippen LogP contribution in [0.2, 0.25) is 0 Å². The van der Waals surface area contributed by atoms with Crippen LogP contribution in [0.1, 0.15) is 12.5 Å². The number of pyridine rings is 1. The van der Waals surface area contributed by atoms with E-state index in [1.165, 1.54) is 0 Å². The number of hydrogen-bond donors (Lipinski definition) is 1. The molecule has 0 spiro atoms. The van der Waals surface area contributed by atoms with Crippen molar-refractivity contribution in [1.29, 1.82) is 0 Å². The summed E-state index contributed by atoms with van der Waals surface area (Å²) in [5.41, 5.74) is 6.43. The maximum absolute atomic E-state index is 11.8. The topological polar surface area (TPSA) is 59.2 Å². The van der Waals surface area contributed by atoms with E-state index in [2.05, 4.69) is 4.98 Å². The normalized spacial score (nSPS) is 11.4. The van der Waals surface area contributed by atoms with Gasteiger partial charge in [0, 0.05) is 32.0 Å². The predicted molar refractivity (Wildman–Crippen MR) is 66.5 cm³/mol. The van der Waals surface area contributed by atoms with Gasteiger partial charge < -0.3 is 10.6 Å². The lowest BCUT2D eigenvalue weighted by molar-refractivity contribution is -0.130. The van der Waals surface area contributed by atoms with E-state index in [4.69, 9.17) is 5.73 Å². The predicted octanol–water partition coefficient (Wildman–Crippen LogP) is 0.852. The number of carbonyl (C=O) groups excluding carboxylic acids is 1. The molecule has 90 valence electrons. The number of carbonyl (C=O) groups is 1. The van der Waals surface area contributed by atoms with Gasteiger partial charge in [-0.15, -0.1) is 12.4 Å². The summed E-state index contributed by atoms with van der Waals surface area (Å²) in [6, 6.07) is 3.80. The van der Waals surface area contributed by atoms with Crippen molar-refractivity contribution in [3.05, 3.63) is 30.1 Å². The van der Waals surface area contributed by atoms with Gasteiger partial charge in [-0.1, -0.05) is 6.07 Å². The molecule has 1 aromatic heterocycles. The second-order valence-electron chi connectivity index (χ2n) is 3.63. The van der Waals surface area contributed by atoms with Gasteiger partial charge >= 0.3 is 0 Å². The van der Waals surface area contributed by atoms with Crippen molar-refractivity contribution in [3.63, 3.8) is 0 Å². The molecule has 0 aliphatic heterocycles. The van der Waals surface area contributed by atoms with Gasteiger partial charge in [0.2, 0.25) is 5.91 Å². The molecule has 16 heavy (non-hydrogen) atoms. The van der Waals surface area contributed by atoms with Crippen LogP contribution < -0.4 is 5.73 Å². The zero-order valence-electron chi connectivity index (χ0n) is 9.59. The highest BCUT2D eigenvalue weighted by atomic mass is 35.5. The Morgan fingerprint density at radius 3 is 2.81 bits per heavy atom. The van der Waals surface area contributed by atoms with Crippen molar-refractivity contribution in [2.75, 3.05) is 13.6 Å². The number of aromatic nitrogens is 1. The first-order valence-corrected chi connectivity index (χ1v) is 4.99. The first kappa shape index (κ1) is 14.9. The fourth-order valence-electron chi connectivity index (χ4n) is 1.21. The molecule has 0 fully saturated rings. The molecular formula is C11H18ClN3O. The first-order chi connectivity index (χ1) is 7.15. The smallest absolute Gasteiger partial charge is 0.227 e. The number of nitrogens with two attached hydrogens (primary N) is 1. The van der Waals surface area contributed by atoms with E-state index in [9.17, 15) is 4.79 Å². The Bertz CT molecular complexity index is 318. The molecule has 1 unspecified atom stereocenters. The Morgan fingerprint density at radius 2 is 2.31 bits per heavy atom. The van der Waals surface area contributed by atoms with Crippen molar-refractivity contribution < 1.29 is 4.79 Å². The van der Waals surface area contributed by atoms with Crippen molar-refractivity contribution in [3.8, 4) is 0 Å². The largest absolute Gasteiger partial charge is 0.341 e. The standard InChI is InChI=1S/C11H17N3O.ClH/c1-9(7-12)14(2)11(15)6-10-4-3-5-13-8-10;/h3-5,8-9H,6-7,12H2,1-2H3;1H. The van der Waals surface area contributed by atoms with Crippen LogP contribution in [0, 0.1) is 0 Å². The average Bonchev–Trinajstić information content (AvgIpc) is 2.28. The van der Waals surface area contributed by atoms with E-state index in [1.54, 1.807) is 24.3 Å². The lowest BCUT2D eigenvalue weighted by atomic mass is 10.2. The van der Waals surface area contributed by atoms with Gasteiger partial charge in [0.1, 0.15) is 0 Å². The van der Waals surface area contributed by atoms with Crippen molar-refractivity contribution in [1.82, 2.24) is 9.88 Å². The summed E-state index contributed by atoms with van der Waals surface area (Å²) in [7, 11) is 1.77. The zero-order chi connectivity index (χ0) is 11.3. The van der Waals surface area contributed by atoms with Gasteiger partial charge in [-0.3, -0.25) is 9.78 Å². The molecule has 0 saturated carbocycles. The van der Waals surface area contributed by atoms with Crippen molar-refractivity contribution >= 4 is 18.3 Å². The Labute approximate surface area is 102 Å². The summed E-state index contributed by atoms with van der Waals surface area (Å²) in [5, 5.41) is 0. The third kappa shape index (κ3) is 4.16. The van der Waals surface area contributed by atoms with Gasteiger partial charge in [-0.2, -0.15) is 0 Å². The quantitative estimate of drug-likeness (QED) is 0.853. The van der Waals surface area contributed by atoms with Crippen molar-refractivity contribution in [2.45, 2.75) is 19.4 Å². The second kappa shape index (κ2) is 7.19. The van der Waals surface area contributed by atoms with E-state index >= 15 is 0 Å². The average molecular weight is 244 g/mol. The Hall–Kier alpha value is -1.13. The van der Waals surface area contributed by atoms with Gasteiger partial charge in [-0.05, 0) is 18.6 Å². The van der Waals surface area contributed by atoms with Gasteiger partial charge in [-0.25, -0.2) is 0 Å². The molecule has 0 aliphatic carbocycles. The van der Waals surface area contributed by atoms with Crippen LogP contribution in [0.5, 0.6) is 0 Å². The van der Waals surface area contributed by atoms with Crippen LogP contribution in [0.25, 0.3) is 0 Å². The molecule has 1 atom stereocenters. The Morgan fingerprint density at radius 1 is 1.62 bits per heavy atom. The van der Waals surface area contributed by atoms with Crippen LogP contribution in [-0.2, 0) is 11.2 Å². The van der Waals surface area contributed by atoms with Crippen molar-refractivity contribution in [2.24, 2.45) is 5.73 Å². The van der Waals surface area contributed by atoms with Crippen LogP contribution in [0.4, 0.5) is 0 Å². The van der Waals surface area contributed by atoms with E-state index in [1.807, 2.05) is 19.1 Å². The molecule has 0 aromatic carbocycles. The Kier molecular flexibility index (Phi) is 6.69. The molecule has 1 aromatic rings. The van der Waals surface area contributed by atoms with E-state index < -0.39 is 0 Å². The maximum Gasteiger partial charge on any atom is 0.227 e. The van der Waals surface area contributed by atoms with Gasteiger partial charge in [0.25, 0.3) is 0 Å². The van der Waals surface area contributed by atoms with Gasteiger partial charge in [0.05, 0.1) is 6.42 Å². The van der Waals surface area contributed by atoms with E-state index in [-0.39, 0.29) is 24.4 Å². The van der Waals surface area contributed by atoms with Gasteiger partial charge in [0.15, 0.2) is 0 Å². The maximum atomic E-state index is 11.8. The molecule has 4 nitrogen and oxygen atoms in total. The molecule has 1 amide bonds. The fraction of sp³-hybridized carbons (Fsp3) is 0.455. The highest BCUT2D eigenvalue weighted by Gasteiger charge is 2.14. The molecule has 1 rings (SSSR count). The summed E-state index contributed by atoms with van der Waals surface area (Å²) in [5.74, 6) is 0.0703. The third-order valence-corrected chi connectivity index (χ3v) is 2.47. The number of hydrogen-bond acceptors (Lipinski definition) is 3. The lowest BCUT2D eigenvalue weighted by Gasteiger charge is -2.23. The number of rotatable bonds is 4. The summed E-state index contributed by atoms with van der Waals surface area (Å²) in [6.07, 6.45) is 3.79. The number of nitrogens with zero attached hydrogens (tertiary/aromatic N) is 2. The molecule has 0 saturated heterocycles. The number of halogens is 1. The molecule has 2 N–H and O–H groups in total. The van der Waals surface area contributed by atoms with E-state index in [0.717, 1.165) is 5.56 Å².